The van der Waals surface area contributed by atoms with Crippen LogP contribution in [0.4, 0.5) is 5.82 Å². The molecule has 0 saturated heterocycles. The molecule has 25 heavy (non-hydrogen) atoms. The van der Waals surface area contributed by atoms with Crippen LogP contribution < -0.4 is 9.64 Å². The van der Waals surface area contributed by atoms with Crippen molar-refractivity contribution in [1.29, 1.82) is 0 Å². The molecule has 0 saturated carbocycles. The zero-order chi connectivity index (χ0) is 17.6. The summed E-state index contributed by atoms with van der Waals surface area (Å²) in [6.07, 6.45) is 3.09. The van der Waals surface area contributed by atoms with Gasteiger partial charge in [0.15, 0.2) is 11.5 Å². The van der Waals surface area contributed by atoms with Crippen LogP contribution in [0.5, 0.6) is 5.75 Å². The highest BCUT2D eigenvalue weighted by Gasteiger charge is 2.17. The van der Waals surface area contributed by atoms with Crippen LogP contribution in [0.15, 0.2) is 42.5 Å². The topological polar surface area (TPSA) is 64.5 Å². The number of benzene rings is 1. The number of hydrogen-bond acceptors (Lipinski definition) is 6. The van der Waals surface area contributed by atoms with Crippen molar-refractivity contribution in [2.45, 2.75) is 13.3 Å². The van der Waals surface area contributed by atoms with Gasteiger partial charge in [-0.15, -0.1) is 10.2 Å². The Bertz CT molecular complexity index is 772. The first-order chi connectivity index (χ1) is 12.2. The van der Waals surface area contributed by atoms with Crippen LogP contribution in [0.25, 0.3) is 5.57 Å². The van der Waals surface area contributed by atoms with Crippen molar-refractivity contribution in [1.82, 2.24) is 10.2 Å². The minimum absolute atomic E-state index is 0.213. The second-order valence-corrected chi connectivity index (χ2v) is 5.62. The quantitative estimate of drug-likeness (QED) is 0.781. The first kappa shape index (κ1) is 17.0. The van der Waals surface area contributed by atoms with Crippen LogP contribution in [-0.4, -0.2) is 43.0 Å². The van der Waals surface area contributed by atoms with E-state index in [9.17, 15) is 4.79 Å². The molecule has 0 radical (unpaired) electrons. The Kier molecular flexibility index (Phi) is 5.28. The van der Waals surface area contributed by atoms with Gasteiger partial charge in [0, 0.05) is 18.7 Å². The summed E-state index contributed by atoms with van der Waals surface area (Å²) >= 11 is 0. The number of carbonyl (C=O) groups excluding carboxylic acids is 1. The second kappa shape index (κ2) is 7.79. The number of methoxy groups -OCH3 is 1. The van der Waals surface area contributed by atoms with Crippen molar-refractivity contribution in [3.63, 3.8) is 0 Å². The lowest BCUT2D eigenvalue weighted by molar-refractivity contribution is 0.0592. The zero-order valence-electron chi connectivity index (χ0n) is 14.4. The smallest absolute Gasteiger partial charge is 0.358 e. The van der Waals surface area contributed by atoms with Crippen LogP contribution in [-0.2, 0) is 4.74 Å². The summed E-state index contributed by atoms with van der Waals surface area (Å²) < 4.78 is 10.4. The Hall–Kier alpha value is -2.89. The summed E-state index contributed by atoms with van der Waals surface area (Å²) in [7, 11) is 1.33. The molecule has 0 bridgehead atoms. The molecule has 0 unspecified atom stereocenters. The van der Waals surface area contributed by atoms with E-state index in [1.54, 1.807) is 12.1 Å². The van der Waals surface area contributed by atoms with E-state index < -0.39 is 5.97 Å². The van der Waals surface area contributed by atoms with E-state index in [1.165, 1.54) is 12.7 Å². The predicted octanol–water partition coefficient (Wildman–Crippen LogP) is 2.96. The number of hydrogen-bond donors (Lipinski definition) is 0. The van der Waals surface area contributed by atoms with E-state index >= 15 is 0 Å². The normalized spacial score (nSPS) is 14.0. The van der Waals surface area contributed by atoms with Crippen molar-refractivity contribution < 1.29 is 14.3 Å². The number of aromatic nitrogens is 2. The molecule has 6 nitrogen and oxygen atoms in total. The maximum Gasteiger partial charge on any atom is 0.358 e. The fourth-order valence-corrected chi connectivity index (χ4v) is 2.84. The molecule has 1 aliphatic heterocycles. The van der Waals surface area contributed by atoms with Gasteiger partial charge in [-0.05, 0) is 37.1 Å². The highest BCUT2D eigenvalue weighted by Crippen LogP contribution is 2.31. The summed E-state index contributed by atoms with van der Waals surface area (Å²) in [5.74, 6) is 1.19. The van der Waals surface area contributed by atoms with E-state index in [-0.39, 0.29) is 5.69 Å². The van der Waals surface area contributed by atoms with Crippen molar-refractivity contribution in [2.75, 3.05) is 31.7 Å². The number of ether oxygens (including phenoxy) is 2. The molecule has 0 aliphatic carbocycles. The van der Waals surface area contributed by atoms with E-state index in [4.69, 9.17) is 4.74 Å². The van der Waals surface area contributed by atoms with Gasteiger partial charge < -0.3 is 14.4 Å². The average molecular weight is 339 g/mol. The van der Waals surface area contributed by atoms with E-state index in [0.29, 0.717) is 6.61 Å². The molecule has 3 rings (SSSR count). The number of para-hydroxylation sites is 1. The van der Waals surface area contributed by atoms with Crippen molar-refractivity contribution >= 4 is 17.4 Å². The van der Waals surface area contributed by atoms with Crippen LogP contribution >= 0.6 is 0 Å². The highest BCUT2D eigenvalue weighted by molar-refractivity contribution is 5.87. The van der Waals surface area contributed by atoms with Gasteiger partial charge in [-0.25, -0.2) is 4.79 Å². The minimum Gasteiger partial charge on any atom is -0.493 e. The third-order valence-electron chi connectivity index (χ3n) is 4.11. The van der Waals surface area contributed by atoms with Crippen LogP contribution in [0.1, 0.15) is 29.4 Å². The lowest BCUT2D eigenvalue weighted by Crippen LogP contribution is -2.29. The molecule has 0 N–H and O–H groups in total. The van der Waals surface area contributed by atoms with Crippen LogP contribution in [0, 0.1) is 0 Å². The lowest BCUT2D eigenvalue weighted by atomic mass is 9.98. The van der Waals surface area contributed by atoms with Gasteiger partial charge in [0.1, 0.15) is 5.75 Å². The Labute approximate surface area is 147 Å². The van der Waals surface area contributed by atoms with Crippen LogP contribution in [0.2, 0.25) is 0 Å². The average Bonchev–Trinajstić information content (AvgIpc) is 2.68. The molecule has 1 aromatic carbocycles. The maximum atomic E-state index is 11.4. The fourth-order valence-electron chi connectivity index (χ4n) is 2.84. The van der Waals surface area contributed by atoms with Crippen molar-refractivity contribution in [2.24, 2.45) is 0 Å². The summed E-state index contributed by atoms with van der Waals surface area (Å²) in [5, 5.41) is 8.07. The minimum atomic E-state index is -0.479. The molecule has 6 heteroatoms. The first-order valence-electron chi connectivity index (χ1n) is 8.31. The number of esters is 1. The molecule has 1 aliphatic rings. The van der Waals surface area contributed by atoms with Crippen LogP contribution in [0.3, 0.4) is 0 Å². The van der Waals surface area contributed by atoms with E-state index in [0.717, 1.165) is 36.6 Å². The number of carbonyl (C=O) groups is 1. The molecule has 0 amide bonds. The summed E-state index contributed by atoms with van der Waals surface area (Å²) in [5.41, 5.74) is 2.64. The molecule has 0 spiro atoms. The molecular weight excluding hydrogens is 318 g/mol. The maximum absolute atomic E-state index is 11.4. The second-order valence-electron chi connectivity index (χ2n) is 5.62. The third-order valence-corrected chi connectivity index (χ3v) is 4.11. The molecule has 1 aromatic heterocycles. The Morgan fingerprint density at radius 2 is 2.04 bits per heavy atom. The van der Waals surface area contributed by atoms with Crippen molar-refractivity contribution in [3.05, 3.63) is 53.7 Å². The van der Waals surface area contributed by atoms with Gasteiger partial charge in [-0.1, -0.05) is 24.3 Å². The van der Waals surface area contributed by atoms with Gasteiger partial charge in [-0.2, -0.15) is 0 Å². The number of nitrogens with zero attached hydrogens (tertiary/aromatic N) is 3. The third kappa shape index (κ3) is 3.79. The highest BCUT2D eigenvalue weighted by atomic mass is 16.5. The summed E-state index contributed by atoms with van der Waals surface area (Å²) in [6, 6.07) is 11.6. The van der Waals surface area contributed by atoms with E-state index in [2.05, 4.69) is 32.0 Å². The largest absolute Gasteiger partial charge is 0.493 e. The SMILES string of the molecule is CCOc1ccccc1C1=CCN(c2ccc(C(=O)OC)nn2)CC1. The van der Waals surface area contributed by atoms with Gasteiger partial charge in [-0.3, -0.25) is 0 Å². The molecular formula is C19H21N3O3. The lowest BCUT2D eigenvalue weighted by Gasteiger charge is -2.27. The standard InChI is InChI=1S/C19H21N3O3/c1-3-25-17-7-5-4-6-15(17)14-10-12-22(13-11-14)18-9-8-16(20-21-18)19(23)24-2/h4-10H,3,11-13H2,1-2H3. The monoisotopic (exact) mass is 339 g/mol. The fraction of sp³-hybridized carbons (Fsp3) is 0.316. The molecule has 130 valence electrons. The zero-order valence-corrected chi connectivity index (χ0v) is 14.4. The predicted molar refractivity (Wildman–Crippen MR) is 95.8 cm³/mol. The van der Waals surface area contributed by atoms with Gasteiger partial charge in [0.05, 0.1) is 13.7 Å². The summed E-state index contributed by atoms with van der Waals surface area (Å²) in [6.45, 7) is 4.21. The number of rotatable bonds is 5. The Balaban J connectivity index is 1.73. The van der Waals surface area contributed by atoms with Gasteiger partial charge >= 0.3 is 5.97 Å². The molecule has 2 aromatic rings. The molecule has 0 atom stereocenters. The van der Waals surface area contributed by atoms with Gasteiger partial charge in [0.2, 0.25) is 0 Å². The van der Waals surface area contributed by atoms with Gasteiger partial charge in [0.25, 0.3) is 0 Å². The van der Waals surface area contributed by atoms with E-state index in [1.807, 2.05) is 25.1 Å². The Morgan fingerprint density at radius 1 is 1.20 bits per heavy atom. The number of anilines is 1. The first-order valence-corrected chi connectivity index (χ1v) is 8.31. The Morgan fingerprint density at radius 3 is 2.68 bits per heavy atom. The van der Waals surface area contributed by atoms with Crippen molar-refractivity contribution in [3.8, 4) is 5.75 Å². The molecule has 2 heterocycles. The molecule has 0 fully saturated rings. The summed E-state index contributed by atoms with van der Waals surface area (Å²) in [4.78, 5) is 13.6.